The number of benzene rings is 3. The molecule has 41 heavy (non-hydrogen) atoms. The predicted molar refractivity (Wildman–Crippen MR) is 164 cm³/mol. The number of ether oxygens (including phenoxy) is 1. The molecular weight excluding hydrogens is 562 g/mol. The number of nitrogens with zero attached hydrogens (tertiary/aromatic N) is 2. The number of hydrogen-bond acceptors (Lipinski definition) is 5. The first-order chi connectivity index (χ1) is 19.4. The largest absolute Gasteiger partial charge is 0.495 e. The summed E-state index contributed by atoms with van der Waals surface area (Å²) in [5.41, 5.74) is 2.92. The van der Waals surface area contributed by atoms with Crippen molar-refractivity contribution in [1.29, 1.82) is 0 Å². The number of hydrogen-bond donors (Lipinski definition) is 1. The zero-order valence-electron chi connectivity index (χ0n) is 24.1. The van der Waals surface area contributed by atoms with Crippen LogP contribution in [0.25, 0.3) is 0 Å². The second-order valence-corrected chi connectivity index (χ2v) is 12.4. The fourth-order valence-electron chi connectivity index (χ4n) is 4.43. The highest BCUT2D eigenvalue weighted by Gasteiger charge is 2.33. The highest BCUT2D eigenvalue weighted by Crippen LogP contribution is 2.30. The van der Waals surface area contributed by atoms with Crippen LogP contribution < -0.4 is 14.4 Å². The van der Waals surface area contributed by atoms with Crippen LogP contribution in [0.3, 0.4) is 0 Å². The van der Waals surface area contributed by atoms with Crippen molar-refractivity contribution in [2.75, 3.05) is 24.2 Å². The molecule has 0 unspecified atom stereocenters. The minimum atomic E-state index is -3.90. The second kappa shape index (κ2) is 14.4. The average Bonchev–Trinajstić information content (AvgIpc) is 2.93. The van der Waals surface area contributed by atoms with E-state index in [1.165, 1.54) is 24.1 Å². The number of rotatable bonds is 13. The monoisotopic (exact) mass is 599 g/mol. The van der Waals surface area contributed by atoms with Gasteiger partial charge in [0.2, 0.25) is 21.8 Å². The number of carbonyl (C=O) groups excluding carboxylic acids is 2. The lowest BCUT2D eigenvalue weighted by Gasteiger charge is -2.34. The fourth-order valence-corrected chi connectivity index (χ4v) is 5.52. The molecule has 3 aromatic rings. The van der Waals surface area contributed by atoms with E-state index in [9.17, 15) is 18.0 Å². The van der Waals surface area contributed by atoms with Crippen LogP contribution >= 0.6 is 11.6 Å². The van der Waals surface area contributed by atoms with E-state index in [4.69, 9.17) is 16.3 Å². The van der Waals surface area contributed by atoms with Crippen LogP contribution in [0.4, 0.5) is 5.69 Å². The first kappa shape index (κ1) is 32.0. The Hall–Kier alpha value is -3.56. The van der Waals surface area contributed by atoms with Crippen LogP contribution in [0.5, 0.6) is 5.75 Å². The van der Waals surface area contributed by atoms with Gasteiger partial charge in [-0.25, -0.2) is 8.42 Å². The van der Waals surface area contributed by atoms with Gasteiger partial charge in [0, 0.05) is 19.0 Å². The lowest BCUT2D eigenvalue weighted by Crippen LogP contribution is -2.54. The molecule has 2 atom stereocenters. The Morgan fingerprint density at radius 2 is 1.68 bits per heavy atom. The minimum Gasteiger partial charge on any atom is -0.495 e. The third-order valence-electron chi connectivity index (χ3n) is 6.81. The fraction of sp³-hybridized carbons (Fsp3) is 0.355. The molecular formula is C31H38ClN3O5S. The Bertz CT molecular complexity index is 1450. The number of carbonyl (C=O) groups is 2. The number of nitrogens with one attached hydrogen (secondary N) is 1. The van der Waals surface area contributed by atoms with E-state index in [0.29, 0.717) is 5.75 Å². The van der Waals surface area contributed by atoms with Gasteiger partial charge in [-0.3, -0.25) is 13.9 Å². The van der Waals surface area contributed by atoms with Gasteiger partial charge in [0.1, 0.15) is 18.3 Å². The third kappa shape index (κ3) is 8.96. The minimum absolute atomic E-state index is 0.106. The summed E-state index contributed by atoms with van der Waals surface area (Å²) in [6, 6.07) is 20.6. The van der Waals surface area contributed by atoms with Crippen LogP contribution in [-0.4, -0.2) is 57.1 Å². The third-order valence-corrected chi connectivity index (χ3v) is 8.25. The molecule has 10 heteroatoms. The number of amides is 2. The summed E-state index contributed by atoms with van der Waals surface area (Å²) in [6.45, 7) is 5.42. The smallest absolute Gasteiger partial charge is 0.244 e. The Morgan fingerprint density at radius 3 is 2.27 bits per heavy atom. The summed E-state index contributed by atoms with van der Waals surface area (Å²) in [7, 11) is -2.45. The van der Waals surface area contributed by atoms with E-state index < -0.39 is 28.5 Å². The van der Waals surface area contributed by atoms with E-state index in [1.54, 1.807) is 6.07 Å². The van der Waals surface area contributed by atoms with E-state index in [2.05, 4.69) is 5.32 Å². The van der Waals surface area contributed by atoms with Crippen molar-refractivity contribution in [3.63, 3.8) is 0 Å². The van der Waals surface area contributed by atoms with Gasteiger partial charge in [0.15, 0.2) is 0 Å². The van der Waals surface area contributed by atoms with Gasteiger partial charge in [-0.05, 0) is 49.6 Å². The lowest BCUT2D eigenvalue weighted by atomic mass is 10.0. The molecule has 2 amide bonds. The van der Waals surface area contributed by atoms with Gasteiger partial charge in [0.05, 0.1) is 24.1 Å². The normalized spacial score (nSPS) is 12.7. The van der Waals surface area contributed by atoms with Crippen molar-refractivity contribution < 1.29 is 22.7 Å². The summed E-state index contributed by atoms with van der Waals surface area (Å²) in [5, 5.41) is 3.23. The maximum absolute atomic E-state index is 14.1. The number of methoxy groups -OCH3 is 1. The molecule has 0 radical (unpaired) electrons. The first-order valence-corrected chi connectivity index (χ1v) is 15.7. The molecule has 3 rings (SSSR count). The number of aryl methyl sites for hydroxylation is 1. The molecule has 1 N–H and O–H groups in total. The number of halogens is 1. The van der Waals surface area contributed by atoms with E-state index >= 15 is 0 Å². The summed E-state index contributed by atoms with van der Waals surface area (Å²) in [5.74, 6) is -0.451. The van der Waals surface area contributed by atoms with Gasteiger partial charge in [-0.2, -0.15) is 0 Å². The SMILES string of the molecule is CC[C@@H](C)NC(=O)[C@H](Cc1ccccc1)N(Cc1cccc(C)c1)C(=O)CN(c1ccc(OC)c(Cl)c1)S(C)(=O)=O. The highest BCUT2D eigenvalue weighted by molar-refractivity contribution is 7.92. The van der Waals surface area contributed by atoms with Crippen LogP contribution in [-0.2, 0) is 32.6 Å². The van der Waals surface area contributed by atoms with Crippen LogP contribution in [0.2, 0.25) is 5.02 Å². The predicted octanol–water partition coefficient (Wildman–Crippen LogP) is 4.98. The molecule has 0 saturated heterocycles. The molecule has 8 nitrogen and oxygen atoms in total. The molecule has 0 saturated carbocycles. The summed E-state index contributed by atoms with van der Waals surface area (Å²) >= 11 is 6.29. The van der Waals surface area contributed by atoms with Crippen molar-refractivity contribution in [3.05, 3.63) is 94.5 Å². The Balaban J connectivity index is 2.07. The molecule has 0 aliphatic carbocycles. The van der Waals surface area contributed by atoms with Crippen molar-refractivity contribution in [2.24, 2.45) is 0 Å². The molecule has 0 spiro atoms. The zero-order valence-corrected chi connectivity index (χ0v) is 25.7. The average molecular weight is 600 g/mol. The van der Waals surface area contributed by atoms with Gasteiger partial charge in [0.25, 0.3) is 0 Å². The molecule has 220 valence electrons. The maximum atomic E-state index is 14.1. The van der Waals surface area contributed by atoms with Gasteiger partial charge >= 0.3 is 0 Å². The topological polar surface area (TPSA) is 96.0 Å². The van der Waals surface area contributed by atoms with E-state index in [-0.39, 0.29) is 35.6 Å². The van der Waals surface area contributed by atoms with Gasteiger partial charge < -0.3 is 15.0 Å². The standard InChI is InChI=1S/C31H38ClN3O5S/c1-6-23(3)33-31(37)28(18-24-12-8-7-9-13-24)34(20-25-14-10-11-22(2)17-25)30(36)21-35(41(5,38)39)26-15-16-29(40-4)27(32)19-26/h7-17,19,23,28H,6,18,20-21H2,1-5H3,(H,33,37)/t23-,28+/m1/s1. The molecule has 0 fully saturated rings. The maximum Gasteiger partial charge on any atom is 0.244 e. The van der Waals surface area contributed by atoms with Crippen molar-refractivity contribution in [2.45, 2.75) is 52.2 Å². The van der Waals surface area contributed by atoms with E-state index in [0.717, 1.165) is 33.7 Å². The molecule has 0 bridgehead atoms. The van der Waals surface area contributed by atoms with Crippen LogP contribution in [0.15, 0.2) is 72.8 Å². The molecule has 0 heterocycles. The first-order valence-electron chi connectivity index (χ1n) is 13.4. The molecule has 3 aromatic carbocycles. The van der Waals surface area contributed by atoms with Crippen molar-refractivity contribution in [1.82, 2.24) is 10.2 Å². The molecule has 0 aromatic heterocycles. The van der Waals surface area contributed by atoms with Crippen molar-refractivity contribution >= 4 is 39.1 Å². The molecule has 0 aliphatic heterocycles. The quantitative estimate of drug-likeness (QED) is 0.299. The number of sulfonamides is 1. The summed E-state index contributed by atoms with van der Waals surface area (Å²) in [4.78, 5) is 29.3. The number of anilines is 1. The summed E-state index contributed by atoms with van der Waals surface area (Å²) in [6.07, 6.45) is 2.00. The Labute approximate surface area is 248 Å². The Kier molecular flexibility index (Phi) is 11.2. The van der Waals surface area contributed by atoms with Crippen LogP contribution in [0, 0.1) is 6.92 Å². The van der Waals surface area contributed by atoms with Crippen LogP contribution in [0.1, 0.15) is 37.0 Å². The zero-order chi connectivity index (χ0) is 30.2. The molecule has 0 aliphatic rings. The van der Waals surface area contributed by atoms with E-state index in [1.807, 2.05) is 75.4 Å². The second-order valence-electron chi connectivity index (χ2n) is 10.1. The summed E-state index contributed by atoms with van der Waals surface area (Å²) < 4.78 is 32.1. The Morgan fingerprint density at radius 1 is 1.00 bits per heavy atom. The lowest BCUT2D eigenvalue weighted by molar-refractivity contribution is -0.140. The van der Waals surface area contributed by atoms with Gasteiger partial charge in [-0.15, -0.1) is 0 Å². The highest BCUT2D eigenvalue weighted by atomic mass is 35.5. The van der Waals surface area contributed by atoms with Crippen molar-refractivity contribution in [3.8, 4) is 5.75 Å². The van der Waals surface area contributed by atoms with Gasteiger partial charge in [-0.1, -0.05) is 78.7 Å².